The number of methoxy groups -OCH3 is 1. The molecule has 2 N–H and O–H groups in total. The van der Waals surface area contributed by atoms with Crippen LogP contribution in [0.1, 0.15) is 22.8 Å². The minimum Gasteiger partial charge on any atom is -0.497 e. The van der Waals surface area contributed by atoms with Crippen LogP contribution in [0.2, 0.25) is 0 Å². The number of aromatic nitrogens is 3. The molecule has 0 saturated carbocycles. The van der Waals surface area contributed by atoms with E-state index in [1.807, 2.05) is 42.8 Å². The van der Waals surface area contributed by atoms with Gasteiger partial charge in [-0.2, -0.15) is 0 Å². The Balaban J connectivity index is 0.00000363. The third-order valence-corrected chi connectivity index (χ3v) is 4.88. The van der Waals surface area contributed by atoms with Crippen molar-refractivity contribution >= 4 is 29.9 Å². The minimum atomic E-state index is -0.497. The highest BCUT2D eigenvalue weighted by atomic mass is 127. The summed E-state index contributed by atoms with van der Waals surface area (Å²) in [6.07, 6.45) is 0.752. The molecule has 172 valence electrons. The summed E-state index contributed by atoms with van der Waals surface area (Å²) in [7, 11) is 3.51. The number of hydrogen-bond donors (Lipinski definition) is 2. The topological polar surface area (TPSA) is 76.4 Å². The average molecular weight is 556 g/mol. The average Bonchev–Trinajstić information content (AvgIpc) is 3.10. The molecule has 10 heteroatoms. The molecule has 3 aromatic rings. The van der Waals surface area contributed by atoms with E-state index < -0.39 is 11.6 Å². The predicted molar refractivity (Wildman–Crippen MR) is 130 cm³/mol. The molecular weight excluding hydrogens is 529 g/mol. The largest absolute Gasteiger partial charge is 0.497 e. The summed E-state index contributed by atoms with van der Waals surface area (Å²) in [6.45, 7) is 2.85. The van der Waals surface area contributed by atoms with Gasteiger partial charge in [0.1, 0.15) is 23.2 Å². The molecule has 0 fully saturated rings. The van der Waals surface area contributed by atoms with E-state index >= 15 is 0 Å². The van der Waals surface area contributed by atoms with Crippen LogP contribution in [0.4, 0.5) is 8.78 Å². The molecule has 0 aliphatic heterocycles. The number of guanidine groups is 1. The van der Waals surface area contributed by atoms with Crippen molar-refractivity contribution in [2.75, 3.05) is 13.7 Å². The van der Waals surface area contributed by atoms with E-state index in [4.69, 9.17) is 4.74 Å². The zero-order valence-electron chi connectivity index (χ0n) is 18.2. The van der Waals surface area contributed by atoms with Gasteiger partial charge in [-0.3, -0.25) is 0 Å². The minimum absolute atomic E-state index is 0. The molecule has 2 aromatic carbocycles. The van der Waals surface area contributed by atoms with Gasteiger partial charge < -0.3 is 19.9 Å². The van der Waals surface area contributed by atoms with E-state index in [1.165, 1.54) is 0 Å². The van der Waals surface area contributed by atoms with Crippen molar-refractivity contribution in [2.24, 2.45) is 12.0 Å². The quantitative estimate of drug-likeness (QED) is 0.253. The summed E-state index contributed by atoms with van der Waals surface area (Å²) >= 11 is 0. The summed E-state index contributed by atoms with van der Waals surface area (Å²) < 4.78 is 34.5. The zero-order chi connectivity index (χ0) is 22.2. The van der Waals surface area contributed by atoms with Crippen LogP contribution in [0.5, 0.6) is 5.75 Å². The fraction of sp³-hybridized carbons (Fsp3) is 0.318. The molecule has 7 nitrogen and oxygen atoms in total. The molecule has 0 spiro atoms. The molecule has 0 atom stereocenters. The second kappa shape index (κ2) is 12.3. The Kier molecular flexibility index (Phi) is 9.82. The number of benzene rings is 2. The number of aryl methyl sites for hydroxylation is 1. The lowest BCUT2D eigenvalue weighted by Crippen LogP contribution is -2.38. The smallest absolute Gasteiger partial charge is 0.191 e. The summed E-state index contributed by atoms with van der Waals surface area (Å²) in [5.41, 5.74) is 1.32. The summed E-state index contributed by atoms with van der Waals surface area (Å²) in [4.78, 5) is 4.42. The van der Waals surface area contributed by atoms with E-state index in [0.29, 0.717) is 19.0 Å². The van der Waals surface area contributed by atoms with Crippen LogP contribution in [0.15, 0.2) is 47.5 Å². The molecule has 32 heavy (non-hydrogen) atoms. The van der Waals surface area contributed by atoms with Gasteiger partial charge in [-0.15, -0.1) is 34.2 Å². The molecule has 0 radical (unpaired) electrons. The first-order valence-electron chi connectivity index (χ1n) is 9.90. The Morgan fingerprint density at radius 2 is 1.84 bits per heavy atom. The second-order valence-corrected chi connectivity index (χ2v) is 7.00. The van der Waals surface area contributed by atoms with Crippen molar-refractivity contribution in [3.63, 3.8) is 0 Å². The van der Waals surface area contributed by atoms with Gasteiger partial charge in [0.15, 0.2) is 11.8 Å². The highest BCUT2D eigenvalue weighted by molar-refractivity contribution is 14.0. The van der Waals surface area contributed by atoms with Gasteiger partial charge in [0.25, 0.3) is 0 Å². The lowest BCUT2D eigenvalue weighted by molar-refractivity contribution is 0.414. The Morgan fingerprint density at radius 1 is 1.09 bits per heavy atom. The van der Waals surface area contributed by atoms with Crippen LogP contribution in [0.25, 0.3) is 0 Å². The van der Waals surface area contributed by atoms with E-state index in [1.54, 1.807) is 7.11 Å². The van der Waals surface area contributed by atoms with Crippen molar-refractivity contribution in [3.8, 4) is 5.75 Å². The van der Waals surface area contributed by atoms with Gasteiger partial charge >= 0.3 is 0 Å². The van der Waals surface area contributed by atoms with Crippen LogP contribution in [0.3, 0.4) is 0 Å². The number of rotatable bonds is 8. The van der Waals surface area contributed by atoms with E-state index in [-0.39, 0.29) is 36.1 Å². The fourth-order valence-electron chi connectivity index (χ4n) is 2.89. The molecule has 3 rings (SSSR count). The van der Waals surface area contributed by atoms with Crippen molar-refractivity contribution in [1.82, 2.24) is 25.4 Å². The first-order chi connectivity index (χ1) is 15.0. The summed E-state index contributed by atoms with van der Waals surface area (Å²) in [5.74, 6) is 1.81. The van der Waals surface area contributed by atoms with Crippen molar-refractivity contribution < 1.29 is 13.5 Å². The Labute approximate surface area is 203 Å². The Bertz CT molecular complexity index is 1040. The standard InChI is InChI=1S/C22H26F2N6O.HI/c1-15-28-29-21(30(15)2)14-27-22(26-13-17-12-18(23)6-9-20(17)24)25-11-10-16-4-7-19(31-3)8-5-16;/h4-9,12H,10-11,13-14H2,1-3H3,(H2,25,26,27);1H. The first kappa shape index (κ1) is 25.5. The van der Waals surface area contributed by atoms with Gasteiger partial charge in [-0.05, 0) is 49.2 Å². The first-order valence-corrected chi connectivity index (χ1v) is 9.90. The maximum absolute atomic E-state index is 14.0. The van der Waals surface area contributed by atoms with Gasteiger partial charge in [0.05, 0.1) is 20.2 Å². The SMILES string of the molecule is COc1ccc(CCNC(=NCc2cc(F)ccc2F)NCc2nnc(C)n2C)cc1.I. The van der Waals surface area contributed by atoms with Crippen LogP contribution < -0.4 is 15.4 Å². The molecule has 0 saturated heterocycles. The van der Waals surface area contributed by atoms with Crippen LogP contribution in [0, 0.1) is 18.6 Å². The van der Waals surface area contributed by atoms with Gasteiger partial charge in [0.2, 0.25) is 0 Å². The number of nitrogens with zero attached hydrogens (tertiary/aromatic N) is 4. The van der Waals surface area contributed by atoms with Crippen LogP contribution in [-0.4, -0.2) is 34.4 Å². The molecular formula is C22H27F2IN6O. The Hall–Kier alpha value is -2.76. The molecule has 1 aromatic heterocycles. The van der Waals surface area contributed by atoms with E-state index in [0.717, 1.165) is 47.6 Å². The molecule has 0 aliphatic carbocycles. The number of ether oxygens (including phenoxy) is 1. The summed E-state index contributed by atoms with van der Waals surface area (Å²) in [6, 6.07) is 11.2. The monoisotopic (exact) mass is 556 g/mol. The number of aliphatic imine (C=N–C) groups is 1. The Morgan fingerprint density at radius 3 is 2.50 bits per heavy atom. The van der Waals surface area contributed by atoms with Gasteiger partial charge in [-0.25, -0.2) is 13.8 Å². The van der Waals surface area contributed by atoms with Crippen molar-refractivity contribution in [1.29, 1.82) is 0 Å². The summed E-state index contributed by atoms with van der Waals surface area (Å²) in [5, 5.41) is 14.6. The lowest BCUT2D eigenvalue weighted by Gasteiger charge is -2.13. The maximum Gasteiger partial charge on any atom is 0.191 e. The third-order valence-electron chi connectivity index (χ3n) is 4.88. The van der Waals surface area contributed by atoms with Crippen molar-refractivity contribution in [3.05, 3.63) is 76.9 Å². The van der Waals surface area contributed by atoms with Gasteiger partial charge in [-0.1, -0.05) is 12.1 Å². The molecule has 0 unspecified atom stereocenters. The highest BCUT2D eigenvalue weighted by Crippen LogP contribution is 2.12. The number of halogens is 3. The fourth-order valence-corrected chi connectivity index (χ4v) is 2.89. The van der Waals surface area contributed by atoms with E-state index in [9.17, 15) is 8.78 Å². The lowest BCUT2D eigenvalue weighted by atomic mass is 10.1. The van der Waals surface area contributed by atoms with Crippen molar-refractivity contribution in [2.45, 2.75) is 26.4 Å². The van der Waals surface area contributed by atoms with E-state index in [2.05, 4.69) is 25.8 Å². The zero-order valence-corrected chi connectivity index (χ0v) is 20.6. The molecule has 0 amide bonds. The maximum atomic E-state index is 14.0. The van der Waals surface area contributed by atoms with Crippen LogP contribution in [-0.2, 0) is 26.6 Å². The highest BCUT2D eigenvalue weighted by Gasteiger charge is 2.08. The molecule has 0 bridgehead atoms. The number of nitrogens with one attached hydrogen (secondary N) is 2. The third kappa shape index (κ3) is 7.14. The second-order valence-electron chi connectivity index (χ2n) is 7.00. The molecule has 0 aliphatic rings. The van der Waals surface area contributed by atoms with Crippen LogP contribution >= 0.6 is 24.0 Å². The predicted octanol–water partition coefficient (Wildman–Crippen LogP) is 3.51. The molecule has 1 heterocycles. The number of hydrogen-bond acceptors (Lipinski definition) is 4. The van der Waals surface area contributed by atoms with Gasteiger partial charge in [0, 0.05) is 19.2 Å². The normalized spacial score (nSPS) is 11.1.